The molecule has 0 saturated carbocycles. The molecule has 1 atom stereocenters. The van der Waals surface area contributed by atoms with Crippen molar-refractivity contribution in [2.45, 2.75) is 32.7 Å². The molecule has 6 heteroatoms. The zero-order valence-corrected chi connectivity index (χ0v) is 13.9. The van der Waals surface area contributed by atoms with E-state index in [1.54, 1.807) is 25.3 Å². The first kappa shape index (κ1) is 17.5. The number of methoxy groups -OCH3 is 1. The van der Waals surface area contributed by atoms with Crippen LogP contribution >= 0.6 is 15.9 Å². The summed E-state index contributed by atoms with van der Waals surface area (Å²) in [6.07, 6.45) is 0.500. The minimum Gasteiger partial charge on any atom is -0.497 e. The van der Waals surface area contributed by atoms with Gasteiger partial charge in [-0.3, -0.25) is 4.79 Å². The molecule has 2 N–H and O–H groups in total. The lowest BCUT2D eigenvalue weighted by molar-refractivity contribution is -0.142. The molecule has 0 aromatic heterocycles. The highest BCUT2D eigenvalue weighted by Gasteiger charge is 2.21. The van der Waals surface area contributed by atoms with Gasteiger partial charge in [0.25, 0.3) is 0 Å². The van der Waals surface area contributed by atoms with Crippen LogP contribution in [0.1, 0.15) is 25.8 Å². The van der Waals surface area contributed by atoms with Crippen LogP contribution in [0.5, 0.6) is 5.75 Å². The lowest BCUT2D eigenvalue weighted by Crippen LogP contribution is -2.42. The SMILES string of the molecule is COc1ccc(Br)c(CC(=O)NC(CC(C)C)C(=O)O)c1. The van der Waals surface area contributed by atoms with Crippen LogP contribution in [0.3, 0.4) is 0 Å². The molecule has 0 bridgehead atoms. The first-order chi connectivity index (χ1) is 9.83. The summed E-state index contributed by atoms with van der Waals surface area (Å²) in [5.41, 5.74) is 0.750. The first-order valence-electron chi connectivity index (χ1n) is 6.68. The number of hydrogen-bond acceptors (Lipinski definition) is 3. The number of ether oxygens (including phenoxy) is 1. The van der Waals surface area contributed by atoms with Gasteiger partial charge in [0.05, 0.1) is 13.5 Å². The molecule has 1 rings (SSSR count). The molecule has 116 valence electrons. The van der Waals surface area contributed by atoms with E-state index in [9.17, 15) is 9.59 Å². The second-order valence-electron chi connectivity index (χ2n) is 5.22. The van der Waals surface area contributed by atoms with Crippen LogP contribution in [0.4, 0.5) is 0 Å². The van der Waals surface area contributed by atoms with Gasteiger partial charge >= 0.3 is 5.97 Å². The first-order valence-corrected chi connectivity index (χ1v) is 7.47. The third-order valence-electron chi connectivity index (χ3n) is 2.94. The van der Waals surface area contributed by atoms with Crippen molar-refractivity contribution in [3.8, 4) is 5.75 Å². The Labute approximate surface area is 132 Å². The van der Waals surface area contributed by atoms with Gasteiger partial charge in [0, 0.05) is 4.47 Å². The number of benzene rings is 1. The Morgan fingerprint density at radius 1 is 1.38 bits per heavy atom. The Morgan fingerprint density at radius 2 is 2.05 bits per heavy atom. The molecule has 1 amide bonds. The van der Waals surface area contributed by atoms with Gasteiger partial charge in [-0.2, -0.15) is 0 Å². The fraction of sp³-hybridized carbons (Fsp3) is 0.467. The summed E-state index contributed by atoms with van der Waals surface area (Å²) < 4.78 is 5.90. The molecule has 1 aromatic carbocycles. The molecule has 5 nitrogen and oxygen atoms in total. The number of hydrogen-bond donors (Lipinski definition) is 2. The second kappa shape index (κ2) is 8.02. The Morgan fingerprint density at radius 3 is 2.57 bits per heavy atom. The number of halogens is 1. The Kier molecular flexibility index (Phi) is 6.68. The summed E-state index contributed by atoms with van der Waals surface area (Å²) in [7, 11) is 1.55. The van der Waals surface area contributed by atoms with Gasteiger partial charge in [0.15, 0.2) is 0 Å². The maximum Gasteiger partial charge on any atom is 0.326 e. The van der Waals surface area contributed by atoms with Crippen LogP contribution in [0.2, 0.25) is 0 Å². The Bertz CT molecular complexity index is 516. The molecule has 0 aliphatic carbocycles. The van der Waals surface area contributed by atoms with E-state index >= 15 is 0 Å². The van der Waals surface area contributed by atoms with Gasteiger partial charge in [-0.15, -0.1) is 0 Å². The van der Waals surface area contributed by atoms with Crippen LogP contribution in [-0.2, 0) is 16.0 Å². The van der Waals surface area contributed by atoms with E-state index in [-0.39, 0.29) is 18.2 Å². The van der Waals surface area contributed by atoms with E-state index in [2.05, 4.69) is 21.2 Å². The summed E-state index contributed by atoms with van der Waals surface area (Å²) >= 11 is 3.37. The summed E-state index contributed by atoms with van der Waals surface area (Å²) in [5, 5.41) is 11.7. The summed E-state index contributed by atoms with van der Waals surface area (Å²) in [6, 6.07) is 4.47. The molecule has 0 aliphatic heterocycles. The summed E-state index contributed by atoms with van der Waals surface area (Å²) in [5.74, 6) is -0.494. The maximum absolute atomic E-state index is 12.0. The lowest BCUT2D eigenvalue weighted by atomic mass is 10.0. The van der Waals surface area contributed by atoms with Crippen LogP contribution in [0, 0.1) is 5.92 Å². The molecule has 0 radical (unpaired) electrons. The second-order valence-corrected chi connectivity index (χ2v) is 6.08. The highest BCUT2D eigenvalue weighted by molar-refractivity contribution is 9.10. The fourth-order valence-corrected chi connectivity index (χ4v) is 2.31. The Balaban J connectivity index is 2.74. The van der Waals surface area contributed by atoms with Crippen molar-refractivity contribution in [1.82, 2.24) is 5.32 Å². The van der Waals surface area contributed by atoms with E-state index in [0.29, 0.717) is 12.2 Å². The van der Waals surface area contributed by atoms with Gasteiger partial charge in [0.1, 0.15) is 11.8 Å². The van der Waals surface area contributed by atoms with Gasteiger partial charge in [-0.05, 0) is 36.1 Å². The zero-order valence-electron chi connectivity index (χ0n) is 12.4. The number of rotatable bonds is 7. The summed E-state index contributed by atoms with van der Waals surface area (Å²) in [6.45, 7) is 3.83. The molecule has 1 aromatic rings. The lowest BCUT2D eigenvalue weighted by Gasteiger charge is -2.16. The van der Waals surface area contributed by atoms with Crippen molar-refractivity contribution >= 4 is 27.8 Å². The van der Waals surface area contributed by atoms with Crippen molar-refractivity contribution in [1.29, 1.82) is 0 Å². The predicted octanol–water partition coefficient (Wildman–Crippen LogP) is 2.62. The normalized spacial score (nSPS) is 12.0. The number of amides is 1. The number of nitrogens with one attached hydrogen (secondary N) is 1. The van der Waals surface area contributed by atoms with Crippen LogP contribution in [0.15, 0.2) is 22.7 Å². The number of carboxylic acid groups (broad SMARTS) is 1. The highest BCUT2D eigenvalue weighted by atomic mass is 79.9. The summed E-state index contributed by atoms with van der Waals surface area (Å²) in [4.78, 5) is 23.2. The third kappa shape index (κ3) is 5.75. The van der Waals surface area contributed by atoms with Crippen molar-refractivity contribution in [2.24, 2.45) is 5.92 Å². The Hall–Kier alpha value is -1.56. The topological polar surface area (TPSA) is 75.6 Å². The molecule has 21 heavy (non-hydrogen) atoms. The minimum absolute atomic E-state index is 0.0969. The maximum atomic E-state index is 12.0. The highest BCUT2D eigenvalue weighted by Crippen LogP contribution is 2.23. The number of carbonyl (C=O) groups excluding carboxylic acids is 1. The smallest absolute Gasteiger partial charge is 0.326 e. The number of carboxylic acids is 1. The molecule has 0 aliphatic rings. The van der Waals surface area contributed by atoms with Crippen LogP contribution in [-0.4, -0.2) is 30.1 Å². The molecular formula is C15H20BrNO4. The minimum atomic E-state index is -1.01. The van der Waals surface area contributed by atoms with Gasteiger partial charge in [0.2, 0.25) is 5.91 Å². The molecule has 0 fully saturated rings. The largest absolute Gasteiger partial charge is 0.497 e. The van der Waals surface area contributed by atoms with Crippen molar-refractivity contribution < 1.29 is 19.4 Å². The standard InChI is InChI=1S/C15H20BrNO4/c1-9(2)6-13(15(19)20)17-14(18)8-10-7-11(21-3)4-5-12(10)16/h4-5,7,9,13H,6,8H2,1-3H3,(H,17,18)(H,19,20). The van der Waals surface area contributed by atoms with E-state index < -0.39 is 12.0 Å². The van der Waals surface area contributed by atoms with Gasteiger partial charge in [-0.25, -0.2) is 4.79 Å². The quantitative estimate of drug-likeness (QED) is 0.786. The van der Waals surface area contributed by atoms with Crippen LogP contribution < -0.4 is 10.1 Å². The van der Waals surface area contributed by atoms with Gasteiger partial charge < -0.3 is 15.2 Å². The van der Waals surface area contributed by atoms with Crippen molar-refractivity contribution in [3.63, 3.8) is 0 Å². The molecule has 0 heterocycles. The van der Waals surface area contributed by atoms with Gasteiger partial charge in [-0.1, -0.05) is 29.8 Å². The third-order valence-corrected chi connectivity index (χ3v) is 3.72. The molecule has 0 saturated heterocycles. The number of carbonyl (C=O) groups is 2. The average molecular weight is 358 g/mol. The monoisotopic (exact) mass is 357 g/mol. The van der Waals surface area contributed by atoms with E-state index in [4.69, 9.17) is 9.84 Å². The van der Waals surface area contributed by atoms with E-state index in [1.165, 1.54) is 0 Å². The number of aliphatic carboxylic acids is 1. The molecule has 1 unspecified atom stereocenters. The van der Waals surface area contributed by atoms with E-state index in [0.717, 1.165) is 10.0 Å². The molecule has 0 spiro atoms. The van der Waals surface area contributed by atoms with Crippen molar-refractivity contribution in [2.75, 3.05) is 7.11 Å². The fourth-order valence-electron chi connectivity index (χ4n) is 1.92. The zero-order chi connectivity index (χ0) is 16.0. The van der Waals surface area contributed by atoms with E-state index in [1.807, 2.05) is 13.8 Å². The van der Waals surface area contributed by atoms with Crippen molar-refractivity contribution in [3.05, 3.63) is 28.2 Å². The predicted molar refractivity (Wildman–Crippen MR) is 83.4 cm³/mol. The average Bonchev–Trinajstić information content (AvgIpc) is 2.39. The molecular weight excluding hydrogens is 338 g/mol. The van der Waals surface area contributed by atoms with Crippen LogP contribution in [0.25, 0.3) is 0 Å².